The van der Waals surface area contributed by atoms with Crippen LogP contribution in [0.15, 0.2) is 36.5 Å². The Morgan fingerprint density at radius 3 is 2.65 bits per heavy atom. The molecule has 0 radical (unpaired) electrons. The quantitative estimate of drug-likeness (QED) is 0.682. The molecule has 1 heterocycles. The van der Waals surface area contributed by atoms with Crippen LogP contribution in [0.3, 0.4) is 0 Å². The number of nitrogens with zero attached hydrogens (tertiary/aromatic N) is 2. The van der Waals surface area contributed by atoms with E-state index in [2.05, 4.69) is 4.98 Å². The lowest BCUT2D eigenvalue weighted by Crippen LogP contribution is -2.05. The molecule has 0 aliphatic rings. The smallest absolute Gasteiger partial charge is 0.273 e. The molecule has 0 bridgehead atoms. The Balaban J connectivity index is 2.25. The van der Waals surface area contributed by atoms with Crippen molar-refractivity contribution in [1.29, 1.82) is 0 Å². The van der Waals surface area contributed by atoms with Gasteiger partial charge in [-0.1, -0.05) is 6.07 Å². The van der Waals surface area contributed by atoms with Gasteiger partial charge in [-0.25, -0.2) is 4.98 Å². The Morgan fingerprint density at radius 1 is 1.35 bits per heavy atom. The largest absolute Gasteiger partial charge is 0.439 e. The van der Waals surface area contributed by atoms with Gasteiger partial charge in [-0.15, -0.1) is 0 Å². The number of ether oxygens (including phenoxy) is 1. The summed E-state index contributed by atoms with van der Waals surface area (Å²) in [5, 5.41) is 10.8. The van der Waals surface area contributed by atoms with E-state index in [0.717, 1.165) is 11.1 Å². The summed E-state index contributed by atoms with van der Waals surface area (Å²) in [4.78, 5) is 14.4. The molecule has 2 rings (SSSR count). The fraction of sp³-hybridized carbons (Fsp3) is 0.214. The Bertz CT molecular complexity index is 624. The van der Waals surface area contributed by atoms with Gasteiger partial charge in [-0.05, 0) is 31.0 Å². The monoisotopic (exact) mass is 273 g/mol. The van der Waals surface area contributed by atoms with Crippen LogP contribution in [-0.4, -0.2) is 9.91 Å². The maximum Gasteiger partial charge on any atom is 0.273 e. The summed E-state index contributed by atoms with van der Waals surface area (Å²) >= 11 is 0. The van der Waals surface area contributed by atoms with Gasteiger partial charge in [0.25, 0.3) is 5.69 Å². The van der Waals surface area contributed by atoms with Gasteiger partial charge in [0.1, 0.15) is 5.75 Å². The first kappa shape index (κ1) is 14.0. The zero-order valence-corrected chi connectivity index (χ0v) is 11.2. The van der Waals surface area contributed by atoms with Gasteiger partial charge in [-0.2, -0.15) is 0 Å². The fourth-order valence-electron chi connectivity index (χ4n) is 1.65. The van der Waals surface area contributed by atoms with Crippen molar-refractivity contribution in [1.82, 2.24) is 4.98 Å². The molecule has 1 atom stereocenters. The van der Waals surface area contributed by atoms with E-state index in [9.17, 15) is 10.1 Å². The molecule has 0 aliphatic heterocycles. The van der Waals surface area contributed by atoms with Gasteiger partial charge in [-0.3, -0.25) is 10.1 Å². The van der Waals surface area contributed by atoms with E-state index >= 15 is 0 Å². The SMILES string of the molecule is Cc1ccc([N+](=O)[O-])cc1Oc1ccc([C@@H](C)N)cn1. The number of non-ortho nitro benzene ring substituents is 1. The number of pyridine rings is 1. The van der Waals surface area contributed by atoms with Gasteiger partial charge >= 0.3 is 0 Å². The molecule has 0 amide bonds. The van der Waals surface area contributed by atoms with Gasteiger partial charge in [0.15, 0.2) is 0 Å². The molecule has 6 heteroatoms. The van der Waals surface area contributed by atoms with Crippen LogP contribution in [0.1, 0.15) is 24.1 Å². The molecule has 2 aromatic rings. The normalized spacial score (nSPS) is 11.9. The first-order chi connectivity index (χ1) is 9.47. The summed E-state index contributed by atoms with van der Waals surface area (Å²) in [6.07, 6.45) is 1.63. The maximum absolute atomic E-state index is 10.8. The maximum atomic E-state index is 10.8. The van der Waals surface area contributed by atoms with Crippen LogP contribution in [0, 0.1) is 17.0 Å². The molecule has 0 fully saturated rings. The summed E-state index contributed by atoms with van der Waals surface area (Å²) in [5.41, 5.74) is 7.42. The molecule has 104 valence electrons. The van der Waals surface area contributed by atoms with Crippen molar-refractivity contribution in [3.05, 3.63) is 57.8 Å². The van der Waals surface area contributed by atoms with Crippen molar-refractivity contribution in [3.8, 4) is 11.6 Å². The minimum absolute atomic E-state index is 0.0159. The second-order valence-corrected chi connectivity index (χ2v) is 4.53. The number of aromatic nitrogens is 1. The van der Waals surface area contributed by atoms with E-state index in [1.807, 2.05) is 19.9 Å². The van der Waals surface area contributed by atoms with Crippen molar-refractivity contribution in [2.75, 3.05) is 0 Å². The zero-order chi connectivity index (χ0) is 14.7. The molecule has 0 saturated carbocycles. The first-order valence-electron chi connectivity index (χ1n) is 6.12. The average molecular weight is 273 g/mol. The Hall–Kier alpha value is -2.47. The number of nitro benzene ring substituents is 1. The summed E-state index contributed by atoms with van der Waals surface area (Å²) in [6.45, 7) is 3.68. The Labute approximate surface area is 116 Å². The number of aryl methyl sites for hydroxylation is 1. The first-order valence-corrected chi connectivity index (χ1v) is 6.12. The van der Waals surface area contributed by atoms with Crippen LogP contribution < -0.4 is 10.5 Å². The fourth-order valence-corrected chi connectivity index (χ4v) is 1.65. The highest BCUT2D eigenvalue weighted by atomic mass is 16.6. The number of rotatable bonds is 4. The summed E-state index contributed by atoms with van der Waals surface area (Å²) in [6, 6.07) is 7.88. The number of nitrogens with two attached hydrogens (primary N) is 1. The van der Waals surface area contributed by atoms with Crippen LogP contribution >= 0.6 is 0 Å². The average Bonchev–Trinajstić information content (AvgIpc) is 2.41. The molecular formula is C14H15N3O3. The predicted molar refractivity (Wildman–Crippen MR) is 74.7 cm³/mol. The minimum Gasteiger partial charge on any atom is -0.439 e. The Kier molecular flexibility index (Phi) is 3.95. The van der Waals surface area contributed by atoms with E-state index in [1.54, 1.807) is 18.3 Å². The highest BCUT2D eigenvalue weighted by Gasteiger charge is 2.11. The standard InChI is InChI=1S/C14H15N3O3/c1-9-3-5-12(17(18)19)7-13(9)20-14-6-4-11(8-16-14)10(2)15/h3-8,10H,15H2,1-2H3/t10-/m1/s1. The number of hydrogen-bond donors (Lipinski definition) is 1. The molecule has 1 aromatic heterocycles. The predicted octanol–water partition coefficient (Wildman–Crippen LogP) is 3.11. The van der Waals surface area contributed by atoms with Crippen LogP contribution in [-0.2, 0) is 0 Å². The lowest BCUT2D eigenvalue weighted by atomic mass is 10.2. The number of benzene rings is 1. The molecular weight excluding hydrogens is 258 g/mol. The van der Waals surface area contributed by atoms with Crippen molar-refractivity contribution >= 4 is 5.69 Å². The van der Waals surface area contributed by atoms with Crippen LogP contribution in [0.2, 0.25) is 0 Å². The molecule has 0 unspecified atom stereocenters. The highest BCUT2D eigenvalue weighted by molar-refractivity contribution is 5.45. The third-order valence-corrected chi connectivity index (χ3v) is 2.88. The van der Waals surface area contributed by atoms with Crippen molar-refractivity contribution < 1.29 is 9.66 Å². The number of hydrogen-bond acceptors (Lipinski definition) is 5. The highest BCUT2D eigenvalue weighted by Crippen LogP contribution is 2.28. The van der Waals surface area contributed by atoms with Crippen LogP contribution in [0.25, 0.3) is 0 Å². The topological polar surface area (TPSA) is 91.3 Å². The minimum atomic E-state index is -0.459. The molecule has 20 heavy (non-hydrogen) atoms. The van der Waals surface area contributed by atoms with E-state index < -0.39 is 4.92 Å². The molecule has 2 N–H and O–H groups in total. The summed E-state index contributed by atoms with van der Waals surface area (Å²) in [5.74, 6) is 0.790. The van der Waals surface area contributed by atoms with Gasteiger partial charge in [0.2, 0.25) is 5.88 Å². The van der Waals surface area contributed by atoms with Crippen LogP contribution in [0.5, 0.6) is 11.6 Å². The van der Waals surface area contributed by atoms with Gasteiger partial charge in [0.05, 0.1) is 11.0 Å². The third-order valence-electron chi connectivity index (χ3n) is 2.88. The Morgan fingerprint density at radius 2 is 2.10 bits per heavy atom. The van der Waals surface area contributed by atoms with E-state index in [-0.39, 0.29) is 11.7 Å². The zero-order valence-electron chi connectivity index (χ0n) is 11.2. The van der Waals surface area contributed by atoms with Crippen molar-refractivity contribution in [2.45, 2.75) is 19.9 Å². The van der Waals surface area contributed by atoms with E-state index in [4.69, 9.17) is 10.5 Å². The van der Waals surface area contributed by atoms with Gasteiger partial charge < -0.3 is 10.5 Å². The molecule has 0 aliphatic carbocycles. The number of nitro groups is 1. The van der Waals surface area contributed by atoms with Crippen LogP contribution in [0.4, 0.5) is 5.69 Å². The van der Waals surface area contributed by atoms with E-state index in [1.165, 1.54) is 12.1 Å². The second-order valence-electron chi connectivity index (χ2n) is 4.53. The van der Waals surface area contributed by atoms with E-state index in [0.29, 0.717) is 11.6 Å². The summed E-state index contributed by atoms with van der Waals surface area (Å²) in [7, 11) is 0. The summed E-state index contributed by atoms with van der Waals surface area (Å²) < 4.78 is 5.58. The molecule has 0 spiro atoms. The lowest BCUT2D eigenvalue weighted by Gasteiger charge is -2.09. The second kappa shape index (κ2) is 5.66. The molecule has 1 aromatic carbocycles. The lowest BCUT2D eigenvalue weighted by molar-refractivity contribution is -0.384. The van der Waals surface area contributed by atoms with Crippen molar-refractivity contribution in [3.63, 3.8) is 0 Å². The third kappa shape index (κ3) is 3.10. The molecule has 0 saturated heterocycles. The molecule has 6 nitrogen and oxygen atoms in total. The van der Waals surface area contributed by atoms with Crippen molar-refractivity contribution in [2.24, 2.45) is 5.73 Å². The van der Waals surface area contributed by atoms with Gasteiger partial charge in [0, 0.05) is 24.4 Å².